The van der Waals surface area contributed by atoms with Gasteiger partial charge in [0.1, 0.15) is 0 Å². The third kappa shape index (κ3) is 4.24. The molecule has 2 amide bonds. The van der Waals surface area contributed by atoms with E-state index in [9.17, 15) is 4.79 Å². The molecule has 1 N–H and O–H groups in total. The van der Waals surface area contributed by atoms with Crippen molar-refractivity contribution in [2.24, 2.45) is 0 Å². The van der Waals surface area contributed by atoms with Gasteiger partial charge >= 0.3 is 6.03 Å². The molecule has 1 saturated heterocycles. The number of methoxy groups -OCH3 is 1. The highest BCUT2D eigenvalue weighted by Crippen LogP contribution is 2.14. The van der Waals surface area contributed by atoms with Crippen molar-refractivity contribution in [2.45, 2.75) is 13.1 Å². The lowest BCUT2D eigenvalue weighted by Crippen LogP contribution is -2.51. The second kappa shape index (κ2) is 8.12. The van der Waals surface area contributed by atoms with Crippen LogP contribution >= 0.6 is 11.3 Å². The topological polar surface area (TPSA) is 57.7 Å². The number of thiophene rings is 1. The number of nitrogens with zero attached hydrogens (tertiary/aromatic N) is 3. The summed E-state index contributed by atoms with van der Waals surface area (Å²) in [6.07, 6.45) is 1.68. The number of hydrogen-bond donors (Lipinski definition) is 1. The van der Waals surface area contributed by atoms with E-state index >= 15 is 0 Å². The monoisotopic (exact) mass is 346 g/mol. The number of piperazine rings is 1. The molecule has 0 unspecified atom stereocenters. The molecule has 7 heteroatoms. The molecule has 0 aliphatic carbocycles. The fourth-order valence-corrected chi connectivity index (χ4v) is 3.43. The average Bonchev–Trinajstić information content (AvgIpc) is 3.13. The first-order valence-electron chi connectivity index (χ1n) is 8.00. The Labute approximate surface area is 146 Å². The molecule has 0 saturated carbocycles. The van der Waals surface area contributed by atoms with E-state index in [0.717, 1.165) is 38.3 Å². The number of rotatable bonds is 5. The van der Waals surface area contributed by atoms with Crippen molar-refractivity contribution in [1.29, 1.82) is 0 Å². The van der Waals surface area contributed by atoms with Gasteiger partial charge in [-0.1, -0.05) is 6.07 Å². The lowest BCUT2D eigenvalue weighted by atomic mass is 10.2. The number of nitrogens with one attached hydrogen (secondary N) is 1. The number of pyridine rings is 1. The summed E-state index contributed by atoms with van der Waals surface area (Å²) in [5.41, 5.74) is 2.23. The SMILES string of the molecule is COc1ncccc1CNC(=O)N1CCN(Cc2ccsc2)CC1. The predicted octanol–water partition coefficient (Wildman–Crippen LogP) is 2.18. The van der Waals surface area contributed by atoms with Gasteiger partial charge in [-0.3, -0.25) is 4.90 Å². The number of urea groups is 1. The lowest BCUT2D eigenvalue weighted by Gasteiger charge is -2.34. The molecular weight excluding hydrogens is 324 g/mol. The summed E-state index contributed by atoms with van der Waals surface area (Å²) in [7, 11) is 1.58. The third-order valence-electron chi connectivity index (χ3n) is 4.12. The van der Waals surface area contributed by atoms with Crippen LogP contribution in [0, 0.1) is 0 Å². The fraction of sp³-hybridized carbons (Fsp3) is 0.412. The van der Waals surface area contributed by atoms with Gasteiger partial charge in [-0.25, -0.2) is 9.78 Å². The molecule has 3 heterocycles. The molecule has 128 valence electrons. The van der Waals surface area contributed by atoms with Gasteiger partial charge in [-0.15, -0.1) is 0 Å². The van der Waals surface area contributed by atoms with E-state index in [4.69, 9.17) is 4.74 Å². The van der Waals surface area contributed by atoms with Crippen molar-refractivity contribution >= 4 is 17.4 Å². The van der Waals surface area contributed by atoms with E-state index < -0.39 is 0 Å². The molecule has 0 aromatic carbocycles. The first-order chi connectivity index (χ1) is 11.8. The minimum Gasteiger partial charge on any atom is -0.481 e. The third-order valence-corrected chi connectivity index (χ3v) is 4.85. The summed E-state index contributed by atoms with van der Waals surface area (Å²) in [6, 6.07) is 5.87. The van der Waals surface area contributed by atoms with Crippen LogP contribution in [0.4, 0.5) is 4.79 Å². The molecule has 0 radical (unpaired) electrons. The molecule has 0 bridgehead atoms. The maximum atomic E-state index is 12.3. The van der Waals surface area contributed by atoms with Crippen LogP contribution in [0.15, 0.2) is 35.2 Å². The molecule has 0 atom stereocenters. The van der Waals surface area contributed by atoms with Gasteiger partial charge in [-0.05, 0) is 28.5 Å². The number of carbonyl (C=O) groups is 1. The first kappa shape index (κ1) is 16.7. The van der Waals surface area contributed by atoms with E-state index in [1.807, 2.05) is 17.0 Å². The van der Waals surface area contributed by atoms with E-state index in [1.54, 1.807) is 24.6 Å². The summed E-state index contributed by atoms with van der Waals surface area (Å²) in [5, 5.41) is 7.24. The summed E-state index contributed by atoms with van der Waals surface area (Å²) >= 11 is 1.72. The summed E-state index contributed by atoms with van der Waals surface area (Å²) in [5.74, 6) is 0.554. The second-order valence-corrected chi connectivity index (χ2v) is 6.51. The quantitative estimate of drug-likeness (QED) is 0.902. The Morgan fingerprint density at radius 2 is 2.17 bits per heavy atom. The largest absolute Gasteiger partial charge is 0.481 e. The van der Waals surface area contributed by atoms with Gasteiger partial charge in [0.15, 0.2) is 0 Å². The van der Waals surface area contributed by atoms with E-state index in [-0.39, 0.29) is 6.03 Å². The fourth-order valence-electron chi connectivity index (χ4n) is 2.77. The van der Waals surface area contributed by atoms with Crippen molar-refractivity contribution in [2.75, 3.05) is 33.3 Å². The minimum absolute atomic E-state index is 0.0314. The molecule has 2 aromatic heterocycles. The van der Waals surface area contributed by atoms with Crippen LogP contribution in [0.2, 0.25) is 0 Å². The molecule has 24 heavy (non-hydrogen) atoms. The van der Waals surface area contributed by atoms with Crippen LogP contribution in [-0.2, 0) is 13.1 Å². The van der Waals surface area contributed by atoms with E-state index in [0.29, 0.717) is 12.4 Å². The van der Waals surface area contributed by atoms with Gasteiger partial charge in [0.05, 0.1) is 7.11 Å². The normalized spacial score (nSPS) is 15.3. The van der Waals surface area contributed by atoms with Gasteiger partial charge in [0.2, 0.25) is 5.88 Å². The molecule has 3 rings (SSSR count). The van der Waals surface area contributed by atoms with Crippen LogP contribution in [0.5, 0.6) is 5.88 Å². The molecular formula is C17H22N4O2S. The van der Waals surface area contributed by atoms with Crippen LogP contribution in [-0.4, -0.2) is 54.1 Å². The molecule has 1 aliphatic heterocycles. The van der Waals surface area contributed by atoms with Crippen LogP contribution in [0.3, 0.4) is 0 Å². The molecule has 2 aromatic rings. The van der Waals surface area contributed by atoms with Crippen molar-refractivity contribution in [1.82, 2.24) is 20.1 Å². The number of aromatic nitrogens is 1. The van der Waals surface area contributed by atoms with Crippen LogP contribution in [0.1, 0.15) is 11.1 Å². The van der Waals surface area contributed by atoms with Crippen molar-refractivity contribution < 1.29 is 9.53 Å². The Morgan fingerprint density at radius 3 is 2.88 bits per heavy atom. The Balaban J connectivity index is 1.45. The number of hydrogen-bond acceptors (Lipinski definition) is 5. The number of carbonyl (C=O) groups excluding carboxylic acids is 1. The van der Waals surface area contributed by atoms with E-state index in [2.05, 4.69) is 32.0 Å². The Bertz CT molecular complexity index is 654. The Morgan fingerprint density at radius 1 is 1.33 bits per heavy atom. The predicted molar refractivity (Wildman–Crippen MR) is 94.2 cm³/mol. The highest BCUT2D eigenvalue weighted by Gasteiger charge is 2.21. The average molecular weight is 346 g/mol. The zero-order chi connectivity index (χ0) is 16.8. The maximum Gasteiger partial charge on any atom is 0.317 e. The Hall–Kier alpha value is -2.12. The molecule has 1 fully saturated rings. The zero-order valence-corrected chi connectivity index (χ0v) is 14.6. The van der Waals surface area contributed by atoms with Crippen LogP contribution in [0.25, 0.3) is 0 Å². The summed E-state index contributed by atoms with van der Waals surface area (Å²) in [4.78, 5) is 20.7. The summed E-state index contributed by atoms with van der Waals surface area (Å²) < 4.78 is 5.21. The van der Waals surface area contributed by atoms with Crippen molar-refractivity contribution in [3.05, 3.63) is 46.3 Å². The number of amides is 2. The van der Waals surface area contributed by atoms with Gasteiger partial charge in [0.25, 0.3) is 0 Å². The zero-order valence-electron chi connectivity index (χ0n) is 13.8. The second-order valence-electron chi connectivity index (χ2n) is 5.73. The highest BCUT2D eigenvalue weighted by atomic mass is 32.1. The molecule has 1 aliphatic rings. The first-order valence-corrected chi connectivity index (χ1v) is 8.94. The van der Waals surface area contributed by atoms with Crippen molar-refractivity contribution in [3.63, 3.8) is 0 Å². The molecule has 6 nitrogen and oxygen atoms in total. The highest BCUT2D eigenvalue weighted by molar-refractivity contribution is 7.07. The maximum absolute atomic E-state index is 12.3. The molecule has 0 spiro atoms. The Kier molecular flexibility index (Phi) is 5.66. The van der Waals surface area contributed by atoms with Crippen molar-refractivity contribution in [3.8, 4) is 5.88 Å². The summed E-state index contributed by atoms with van der Waals surface area (Å²) in [6.45, 7) is 4.69. The van der Waals surface area contributed by atoms with E-state index in [1.165, 1.54) is 5.56 Å². The van der Waals surface area contributed by atoms with Crippen LogP contribution < -0.4 is 10.1 Å². The van der Waals surface area contributed by atoms with Gasteiger partial charge < -0.3 is 15.0 Å². The smallest absolute Gasteiger partial charge is 0.317 e. The minimum atomic E-state index is -0.0314. The standard InChI is InChI=1S/C17H22N4O2S/c1-23-16-15(3-2-5-18-16)11-19-17(22)21-8-6-20(7-9-21)12-14-4-10-24-13-14/h2-5,10,13H,6-9,11-12H2,1H3,(H,19,22). The van der Waals surface area contributed by atoms with Gasteiger partial charge in [0, 0.05) is 51.0 Å². The lowest BCUT2D eigenvalue weighted by molar-refractivity contribution is 0.135. The number of ether oxygens (including phenoxy) is 1. The van der Waals surface area contributed by atoms with Gasteiger partial charge in [-0.2, -0.15) is 11.3 Å².